The van der Waals surface area contributed by atoms with Crippen molar-refractivity contribution < 1.29 is 24.2 Å². The van der Waals surface area contributed by atoms with E-state index in [9.17, 15) is 19.5 Å². The first-order chi connectivity index (χ1) is 16.2. The van der Waals surface area contributed by atoms with E-state index in [4.69, 9.17) is 4.74 Å². The Morgan fingerprint density at radius 3 is 2.17 bits per heavy atom. The molecule has 0 fully saturated rings. The molecular formula is C26H43N3O5S. The standard InChI is InChI=1S/C26H43N3O5S/c1-9-10-16-27-22(31)21(18-11-13-19(30)14-12-18)29(25(2,3)4)23(32)20(15-17-35-8)28-24(33)34-26(5,6)7/h11-14,20-21,30H,9-10,15-17H2,1-8H3,(H,27,31)(H,28,33). The van der Waals surface area contributed by atoms with Gasteiger partial charge in [-0.1, -0.05) is 25.5 Å². The number of phenols is 1. The quantitative estimate of drug-likeness (QED) is 0.376. The second kappa shape index (κ2) is 13.6. The van der Waals surface area contributed by atoms with Gasteiger partial charge in [0.25, 0.3) is 0 Å². The van der Waals surface area contributed by atoms with Gasteiger partial charge in [-0.3, -0.25) is 9.59 Å². The Morgan fingerprint density at radius 2 is 1.69 bits per heavy atom. The molecule has 1 aromatic rings. The van der Waals surface area contributed by atoms with Crippen LogP contribution in [-0.2, 0) is 14.3 Å². The highest BCUT2D eigenvalue weighted by Gasteiger charge is 2.41. The van der Waals surface area contributed by atoms with Crippen molar-refractivity contribution in [1.82, 2.24) is 15.5 Å². The van der Waals surface area contributed by atoms with Crippen LogP contribution in [0.4, 0.5) is 4.79 Å². The smallest absolute Gasteiger partial charge is 0.408 e. The molecule has 0 aliphatic rings. The number of aromatic hydroxyl groups is 1. The number of phenolic OH excluding ortho intramolecular Hbond substituents is 1. The Labute approximate surface area is 214 Å². The third-order valence-electron chi connectivity index (χ3n) is 5.10. The maximum Gasteiger partial charge on any atom is 0.408 e. The molecule has 1 aromatic carbocycles. The van der Waals surface area contributed by atoms with Gasteiger partial charge in [-0.15, -0.1) is 0 Å². The van der Waals surface area contributed by atoms with Crippen LogP contribution in [0.3, 0.4) is 0 Å². The number of rotatable bonds is 11. The number of hydrogen-bond acceptors (Lipinski definition) is 6. The highest BCUT2D eigenvalue weighted by atomic mass is 32.2. The molecule has 2 unspecified atom stereocenters. The van der Waals surface area contributed by atoms with E-state index < -0.39 is 29.3 Å². The Balaban J connectivity index is 3.46. The number of nitrogens with one attached hydrogen (secondary N) is 2. The molecule has 0 saturated carbocycles. The van der Waals surface area contributed by atoms with Crippen LogP contribution in [0.5, 0.6) is 5.75 Å². The number of thioether (sulfide) groups is 1. The van der Waals surface area contributed by atoms with Gasteiger partial charge in [0.1, 0.15) is 23.4 Å². The summed E-state index contributed by atoms with van der Waals surface area (Å²) in [5, 5.41) is 15.5. The highest BCUT2D eigenvalue weighted by Crippen LogP contribution is 2.31. The number of alkyl carbamates (subject to hydrolysis) is 1. The zero-order chi connectivity index (χ0) is 26.8. The van der Waals surface area contributed by atoms with Crippen LogP contribution in [0.1, 0.15) is 79.3 Å². The van der Waals surface area contributed by atoms with E-state index in [1.54, 1.807) is 44.7 Å². The van der Waals surface area contributed by atoms with Gasteiger partial charge in [-0.05, 0) is 84.1 Å². The summed E-state index contributed by atoms with van der Waals surface area (Å²) >= 11 is 1.56. The summed E-state index contributed by atoms with van der Waals surface area (Å²) in [6.45, 7) is 13.4. The van der Waals surface area contributed by atoms with E-state index in [0.717, 1.165) is 12.8 Å². The summed E-state index contributed by atoms with van der Waals surface area (Å²) in [6.07, 6.45) is 3.36. The zero-order valence-corrected chi connectivity index (χ0v) is 23.3. The van der Waals surface area contributed by atoms with Crippen molar-refractivity contribution in [2.75, 3.05) is 18.6 Å². The van der Waals surface area contributed by atoms with Crippen molar-refractivity contribution in [1.29, 1.82) is 0 Å². The molecule has 0 aliphatic carbocycles. The number of carbonyl (C=O) groups is 3. The number of carbonyl (C=O) groups excluding carboxylic acids is 3. The molecule has 0 heterocycles. The average Bonchev–Trinajstić information content (AvgIpc) is 2.73. The summed E-state index contributed by atoms with van der Waals surface area (Å²) in [4.78, 5) is 41.6. The van der Waals surface area contributed by atoms with Gasteiger partial charge in [0, 0.05) is 12.1 Å². The molecule has 35 heavy (non-hydrogen) atoms. The molecule has 1 rings (SSSR count). The number of amides is 3. The van der Waals surface area contributed by atoms with E-state index in [-0.39, 0.29) is 17.6 Å². The van der Waals surface area contributed by atoms with Crippen molar-refractivity contribution in [3.63, 3.8) is 0 Å². The largest absolute Gasteiger partial charge is 0.508 e. The van der Waals surface area contributed by atoms with Crippen LogP contribution < -0.4 is 10.6 Å². The van der Waals surface area contributed by atoms with Gasteiger partial charge in [0.05, 0.1) is 0 Å². The average molecular weight is 510 g/mol. The van der Waals surface area contributed by atoms with Gasteiger partial charge in [0.2, 0.25) is 11.8 Å². The van der Waals surface area contributed by atoms with Crippen LogP contribution in [0.15, 0.2) is 24.3 Å². The Kier molecular flexibility index (Phi) is 11.9. The maximum atomic E-state index is 14.0. The topological polar surface area (TPSA) is 108 Å². The minimum Gasteiger partial charge on any atom is -0.508 e. The minimum atomic E-state index is -0.947. The van der Waals surface area contributed by atoms with Gasteiger partial charge >= 0.3 is 6.09 Å². The fraction of sp³-hybridized carbons (Fsp3) is 0.654. The molecular weight excluding hydrogens is 466 g/mol. The molecule has 3 N–H and O–H groups in total. The lowest BCUT2D eigenvalue weighted by molar-refractivity contribution is -0.148. The monoisotopic (exact) mass is 509 g/mol. The molecule has 198 valence electrons. The van der Waals surface area contributed by atoms with E-state index in [2.05, 4.69) is 10.6 Å². The molecule has 0 bridgehead atoms. The molecule has 2 atom stereocenters. The predicted octanol–water partition coefficient (Wildman–Crippen LogP) is 4.62. The fourth-order valence-corrected chi connectivity index (χ4v) is 3.99. The highest BCUT2D eigenvalue weighted by molar-refractivity contribution is 7.98. The van der Waals surface area contributed by atoms with Crippen molar-refractivity contribution in [2.45, 2.75) is 91.0 Å². The minimum absolute atomic E-state index is 0.0666. The summed E-state index contributed by atoms with van der Waals surface area (Å²) in [7, 11) is 0. The number of ether oxygens (including phenoxy) is 1. The van der Waals surface area contributed by atoms with Crippen LogP contribution >= 0.6 is 11.8 Å². The second-order valence-corrected chi connectivity index (χ2v) is 11.5. The van der Waals surface area contributed by atoms with Crippen LogP contribution in [0, 0.1) is 0 Å². The molecule has 0 radical (unpaired) electrons. The third-order valence-corrected chi connectivity index (χ3v) is 5.75. The molecule has 9 heteroatoms. The first kappa shape index (κ1) is 30.6. The number of hydrogen-bond donors (Lipinski definition) is 3. The summed E-state index contributed by atoms with van der Waals surface area (Å²) in [5.41, 5.74) is -0.898. The van der Waals surface area contributed by atoms with Crippen molar-refractivity contribution in [2.24, 2.45) is 0 Å². The second-order valence-electron chi connectivity index (χ2n) is 10.5. The lowest BCUT2D eigenvalue weighted by Crippen LogP contribution is -2.58. The molecule has 0 saturated heterocycles. The third kappa shape index (κ3) is 10.4. The Bertz CT molecular complexity index is 831. The van der Waals surface area contributed by atoms with Crippen LogP contribution in [0.2, 0.25) is 0 Å². The molecule has 0 spiro atoms. The van der Waals surface area contributed by atoms with Crippen molar-refractivity contribution >= 4 is 29.7 Å². The SMILES string of the molecule is CCCCNC(=O)C(c1ccc(O)cc1)N(C(=O)C(CCSC)NC(=O)OC(C)(C)C)C(C)(C)C. The predicted molar refractivity (Wildman–Crippen MR) is 142 cm³/mol. The van der Waals surface area contributed by atoms with Gasteiger partial charge in [0.15, 0.2) is 0 Å². The first-order valence-corrected chi connectivity index (χ1v) is 13.5. The molecule has 8 nitrogen and oxygen atoms in total. The van der Waals surface area contributed by atoms with E-state index in [1.165, 1.54) is 17.0 Å². The summed E-state index contributed by atoms with van der Waals surface area (Å²) in [5.74, 6) is 0.0166. The Hall–Kier alpha value is -2.42. The molecule has 0 aliphatic heterocycles. The summed E-state index contributed by atoms with van der Waals surface area (Å²) < 4.78 is 5.40. The van der Waals surface area contributed by atoms with Crippen LogP contribution in [0.25, 0.3) is 0 Å². The normalized spacial score (nSPS) is 13.5. The maximum absolute atomic E-state index is 14.0. The lowest BCUT2D eigenvalue weighted by atomic mass is 9.95. The molecule has 3 amide bonds. The van der Waals surface area contributed by atoms with Crippen molar-refractivity contribution in [3.8, 4) is 5.75 Å². The number of unbranched alkanes of at least 4 members (excludes halogenated alkanes) is 1. The fourth-order valence-electron chi connectivity index (χ4n) is 3.52. The van der Waals surface area contributed by atoms with Gasteiger partial charge in [-0.2, -0.15) is 11.8 Å². The lowest BCUT2D eigenvalue weighted by Gasteiger charge is -2.43. The number of nitrogens with zero attached hydrogens (tertiary/aromatic N) is 1. The van der Waals surface area contributed by atoms with E-state index in [1.807, 2.05) is 34.0 Å². The van der Waals surface area contributed by atoms with Crippen LogP contribution in [-0.4, -0.2) is 63.6 Å². The Morgan fingerprint density at radius 1 is 1.09 bits per heavy atom. The van der Waals surface area contributed by atoms with Gasteiger partial charge < -0.3 is 25.4 Å². The molecule has 0 aromatic heterocycles. The zero-order valence-electron chi connectivity index (χ0n) is 22.4. The van der Waals surface area contributed by atoms with Gasteiger partial charge in [-0.25, -0.2) is 4.79 Å². The van der Waals surface area contributed by atoms with E-state index >= 15 is 0 Å². The van der Waals surface area contributed by atoms with Crippen molar-refractivity contribution in [3.05, 3.63) is 29.8 Å². The summed E-state index contributed by atoms with van der Waals surface area (Å²) in [6, 6.07) is 4.46. The number of benzene rings is 1. The first-order valence-electron chi connectivity index (χ1n) is 12.1. The van der Waals surface area contributed by atoms with E-state index in [0.29, 0.717) is 24.3 Å².